The number of alkyl halides is 2. The minimum Gasteiger partial charge on any atom is -0.352 e. The predicted molar refractivity (Wildman–Crippen MR) is 68.3 cm³/mol. The van der Waals surface area contributed by atoms with E-state index in [4.69, 9.17) is 11.6 Å². The first-order valence-electron chi connectivity index (χ1n) is 5.31. The predicted octanol–water partition coefficient (Wildman–Crippen LogP) is 2.63. The molecule has 3 nitrogen and oxygen atoms in total. The van der Waals surface area contributed by atoms with Crippen LogP contribution in [-0.4, -0.2) is 23.1 Å². The zero-order valence-electron chi connectivity index (χ0n) is 10.1. The van der Waals surface area contributed by atoms with Gasteiger partial charge >= 0.3 is 0 Å². The summed E-state index contributed by atoms with van der Waals surface area (Å²) >= 11 is 6.53. The molecule has 96 valence electrons. The zero-order chi connectivity index (χ0) is 13.1. The van der Waals surface area contributed by atoms with Crippen LogP contribution in [0, 0.1) is 0 Å². The SMILES string of the molecule is CC(C)(C)c1csc(CCNC(=O)C(F)Cl)n1. The third kappa shape index (κ3) is 4.60. The van der Waals surface area contributed by atoms with Crippen LogP contribution >= 0.6 is 22.9 Å². The number of hydrogen-bond acceptors (Lipinski definition) is 3. The van der Waals surface area contributed by atoms with Crippen LogP contribution in [0.2, 0.25) is 0 Å². The summed E-state index contributed by atoms with van der Waals surface area (Å²) in [5, 5.41) is 5.34. The molecular formula is C11H16ClFN2OS. The summed E-state index contributed by atoms with van der Waals surface area (Å²) in [6.07, 6.45) is 0.593. The van der Waals surface area contributed by atoms with Gasteiger partial charge in [0.15, 0.2) is 0 Å². The lowest BCUT2D eigenvalue weighted by atomic mass is 9.93. The third-order valence-electron chi connectivity index (χ3n) is 2.16. The van der Waals surface area contributed by atoms with Gasteiger partial charge in [0.2, 0.25) is 0 Å². The number of rotatable bonds is 4. The molecule has 1 unspecified atom stereocenters. The van der Waals surface area contributed by atoms with E-state index in [0.717, 1.165) is 10.7 Å². The Hall–Kier alpha value is -0.680. The van der Waals surface area contributed by atoms with Gasteiger partial charge in [-0.1, -0.05) is 32.4 Å². The van der Waals surface area contributed by atoms with Gasteiger partial charge in [-0.3, -0.25) is 4.79 Å². The molecule has 17 heavy (non-hydrogen) atoms. The van der Waals surface area contributed by atoms with Gasteiger partial charge in [-0.15, -0.1) is 11.3 Å². The number of hydrogen-bond donors (Lipinski definition) is 1. The number of halogens is 2. The molecule has 1 N–H and O–H groups in total. The highest BCUT2D eigenvalue weighted by Gasteiger charge is 2.17. The Labute approximate surface area is 109 Å². The topological polar surface area (TPSA) is 42.0 Å². The molecule has 0 aliphatic heterocycles. The van der Waals surface area contributed by atoms with Crippen LogP contribution in [0.4, 0.5) is 4.39 Å². The lowest BCUT2D eigenvalue weighted by Gasteiger charge is -2.14. The number of amides is 1. The Balaban J connectivity index is 2.43. The average Bonchev–Trinajstić information content (AvgIpc) is 2.65. The average molecular weight is 279 g/mol. The summed E-state index contributed by atoms with van der Waals surface area (Å²) in [5.41, 5.74) is -0.918. The molecule has 0 aliphatic carbocycles. The van der Waals surface area contributed by atoms with E-state index in [1.165, 1.54) is 0 Å². The molecule has 0 spiro atoms. The summed E-state index contributed by atoms with van der Waals surface area (Å²) in [5.74, 6) is -0.792. The molecule has 1 heterocycles. The molecule has 1 aromatic heterocycles. The maximum absolute atomic E-state index is 12.3. The van der Waals surface area contributed by atoms with Crippen molar-refractivity contribution >= 4 is 28.8 Å². The van der Waals surface area contributed by atoms with E-state index < -0.39 is 11.5 Å². The van der Waals surface area contributed by atoms with E-state index in [9.17, 15) is 9.18 Å². The molecule has 6 heteroatoms. The van der Waals surface area contributed by atoms with Gasteiger partial charge in [-0.05, 0) is 0 Å². The Morgan fingerprint density at radius 2 is 2.29 bits per heavy atom. The van der Waals surface area contributed by atoms with Crippen molar-refractivity contribution in [3.8, 4) is 0 Å². The molecule has 0 aromatic carbocycles. The summed E-state index contributed by atoms with van der Waals surface area (Å²) in [4.78, 5) is 15.3. The van der Waals surface area contributed by atoms with E-state index in [1.54, 1.807) is 11.3 Å². The number of carbonyl (C=O) groups excluding carboxylic acids is 1. The number of nitrogens with one attached hydrogen (secondary N) is 1. The first-order chi connectivity index (χ1) is 7.80. The fourth-order valence-corrected chi connectivity index (χ4v) is 2.24. The van der Waals surface area contributed by atoms with Crippen LogP contribution in [0.5, 0.6) is 0 Å². The molecule has 0 bridgehead atoms. The highest BCUT2D eigenvalue weighted by molar-refractivity contribution is 7.09. The summed E-state index contributed by atoms with van der Waals surface area (Å²) in [6, 6.07) is 0. The summed E-state index contributed by atoms with van der Waals surface area (Å²) < 4.78 is 12.3. The van der Waals surface area contributed by atoms with Crippen molar-refractivity contribution in [2.75, 3.05) is 6.54 Å². The van der Waals surface area contributed by atoms with E-state index in [-0.39, 0.29) is 5.41 Å². The minimum absolute atomic E-state index is 0.0260. The normalized spacial score (nSPS) is 13.5. The molecule has 0 fully saturated rings. The van der Waals surface area contributed by atoms with E-state index >= 15 is 0 Å². The van der Waals surface area contributed by atoms with Gasteiger partial charge in [-0.25, -0.2) is 9.37 Å². The Morgan fingerprint density at radius 1 is 1.65 bits per heavy atom. The van der Waals surface area contributed by atoms with Crippen molar-refractivity contribution in [1.82, 2.24) is 10.3 Å². The number of nitrogens with zero attached hydrogens (tertiary/aromatic N) is 1. The lowest BCUT2D eigenvalue weighted by Crippen LogP contribution is -2.30. The molecule has 0 saturated heterocycles. The van der Waals surface area contributed by atoms with Crippen molar-refractivity contribution in [3.05, 3.63) is 16.1 Å². The fraction of sp³-hybridized carbons (Fsp3) is 0.636. The van der Waals surface area contributed by atoms with E-state index in [0.29, 0.717) is 13.0 Å². The largest absolute Gasteiger partial charge is 0.352 e. The second kappa shape index (κ2) is 5.78. The summed E-state index contributed by atoms with van der Waals surface area (Å²) in [7, 11) is 0. The zero-order valence-corrected chi connectivity index (χ0v) is 11.7. The van der Waals surface area contributed by atoms with Gasteiger partial charge in [-0.2, -0.15) is 0 Å². The Bertz CT molecular complexity index is 387. The molecule has 1 aromatic rings. The molecule has 0 radical (unpaired) electrons. The maximum Gasteiger partial charge on any atom is 0.270 e. The number of aromatic nitrogens is 1. The van der Waals surface area contributed by atoms with E-state index in [2.05, 4.69) is 31.1 Å². The molecule has 0 aliphatic rings. The fourth-order valence-electron chi connectivity index (χ4n) is 1.14. The second-order valence-corrected chi connectivity index (χ2v) is 6.04. The third-order valence-corrected chi connectivity index (χ3v) is 3.26. The van der Waals surface area contributed by atoms with Crippen LogP contribution in [0.1, 0.15) is 31.5 Å². The van der Waals surface area contributed by atoms with Crippen molar-refractivity contribution in [2.24, 2.45) is 0 Å². The second-order valence-electron chi connectivity index (χ2n) is 4.72. The van der Waals surface area contributed by atoms with Crippen LogP contribution in [0.3, 0.4) is 0 Å². The molecule has 0 saturated carbocycles. The van der Waals surface area contributed by atoms with Gasteiger partial charge in [0.05, 0.1) is 10.7 Å². The smallest absolute Gasteiger partial charge is 0.270 e. The monoisotopic (exact) mass is 278 g/mol. The van der Waals surface area contributed by atoms with Crippen molar-refractivity contribution in [3.63, 3.8) is 0 Å². The molecule has 1 rings (SSSR count). The van der Waals surface area contributed by atoms with Crippen molar-refractivity contribution < 1.29 is 9.18 Å². The first kappa shape index (κ1) is 14.4. The van der Waals surface area contributed by atoms with Crippen LogP contribution in [0.25, 0.3) is 0 Å². The number of carbonyl (C=O) groups is 1. The van der Waals surface area contributed by atoms with Gasteiger partial charge in [0, 0.05) is 23.8 Å². The highest BCUT2D eigenvalue weighted by Crippen LogP contribution is 2.23. The summed E-state index contributed by atoms with van der Waals surface area (Å²) in [6.45, 7) is 6.63. The quantitative estimate of drug-likeness (QED) is 0.861. The number of thiazole rings is 1. The van der Waals surface area contributed by atoms with E-state index in [1.807, 2.05) is 5.38 Å². The Morgan fingerprint density at radius 3 is 2.76 bits per heavy atom. The lowest BCUT2D eigenvalue weighted by molar-refractivity contribution is -0.123. The standard InChI is InChI=1S/C11H16ClFN2OS/c1-11(2,3)7-6-17-8(15-7)4-5-14-10(16)9(12)13/h6,9H,4-5H2,1-3H3,(H,14,16). The highest BCUT2D eigenvalue weighted by atomic mass is 35.5. The van der Waals surface area contributed by atoms with Gasteiger partial charge < -0.3 is 5.32 Å². The van der Waals surface area contributed by atoms with Gasteiger partial charge in [0.1, 0.15) is 0 Å². The van der Waals surface area contributed by atoms with Crippen LogP contribution in [-0.2, 0) is 16.6 Å². The molecular weight excluding hydrogens is 263 g/mol. The minimum atomic E-state index is -1.98. The molecule has 1 amide bonds. The van der Waals surface area contributed by atoms with Crippen LogP contribution in [0.15, 0.2) is 5.38 Å². The van der Waals surface area contributed by atoms with Gasteiger partial charge in [0.25, 0.3) is 11.5 Å². The maximum atomic E-state index is 12.3. The van der Waals surface area contributed by atoms with Crippen molar-refractivity contribution in [1.29, 1.82) is 0 Å². The Kier molecular flexibility index (Phi) is 4.89. The first-order valence-corrected chi connectivity index (χ1v) is 6.63. The van der Waals surface area contributed by atoms with Crippen LogP contribution < -0.4 is 5.32 Å². The molecule has 1 atom stereocenters. The van der Waals surface area contributed by atoms with Crippen molar-refractivity contribution in [2.45, 2.75) is 38.2 Å².